The van der Waals surface area contributed by atoms with Gasteiger partial charge in [0.25, 0.3) is 0 Å². The highest BCUT2D eigenvalue weighted by atomic mass is 16.1. The van der Waals surface area contributed by atoms with Crippen LogP contribution in [0, 0.1) is 0 Å². The number of nitrogens with zero attached hydrogens (tertiary/aromatic N) is 1. The lowest BCUT2D eigenvalue weighted by atomic mass is 10.1. The predicted octanol–water partition coefficient (Wildman–Crippen LogP) is 3.25. The predicted molar refractivity (Wildman–Crippen MR) is 70.8 cm³/mol. The Hall–Kier alpha value is -1.83. The maximum atomic E-state index is 10.7. The number of carbonyl (C=O) groups excluding carboxylic acids is 1. The molecule has 17 heavy (non-hydrogen) atoms. The number of carbonyl (C=O) groups is 1. The molecular weight excluding hydrogens is 210 g/mol. The Balaban J connectivity index is 2.03. The standard InChI is InChI=1S/C15H15NO/c17-11-12-3-4-14-10-15(6-5-13(14)9-12)16-7-1-2-8-16/h3-6,9-11H,1-2,7-8H2. The van der Waals surface area contributed by atoms with Gasteiger partial charge in [-0.25, -0.2) is 0 Å². The fourth-order valence-corrected chi connectivity index (χ4v) is 2.50. The molecule has 0 aromatic heterocycles. The maximum absolute atomic E-state index is 10.7. The Bertz CT molecular complexity index is 556. The van der Waals surface area contributed by atoms with Crippen molar-refractivity contribution in [2.45, 2.75) is 12.8 Å². The minimum atomic E-state index is 0.742. The van der Waals surface area contributed by atoms with Crippen molar-refractivity contribution in [3.8, 4) is 0 Å². The summed E-state index contributed by atoms with van der Waals surface area (Å²) in [6.45, 7) is 2.33. The highest BCUT2D eigenvalue weighted by Gasteiger charge is 2.12. The van der Waals surface area contributed by atoms with Crippen molar-refractivity contribution in [2.24, 2.45) is 0 Å². The van der Waals surface area contributed by atoms with Crippen LogP contribution in [0.3, 0.4) is 0 Å². The molecule has 0 atom stereocenters. The molecule has 0 saturated carbocycles. The molecule has 86 valence electrons. The van der Waals surface area contributed by atoms with Crippen molar-refractivity contribution in [2.75, 3.05) is 18.0 Å². The van der Waals surface area contributed by atoms with Gasteiger partial charge in [0.2, 0.25) is 0 Å². The van der Waals surface area contributed by atoms with Crippen LogP contribution in [0.5, 0.6) is 0 Å². The van der Waals surface area contributed by atoms with E-state index in [0.717, 1.165) is 30.3 Å². The van der Waals surface area contributed by atoms with Gasteiger partial charge in [0.05, 0.1) is 0 Å². The lowest BCUT2D eigenvalue weighted by Gasteiger charge is -2.18. The van der Waals surface area contributed by atoms with E-state index < -0.39 is 0 Å². The number of hydrogen-bond acceptors (Lipinski definition) is 2. The molecule has 2 aromatic carbocycles. The maximum Gasteiger partial charge on any atom is 0.150 e. The molecule has 0 amide bonds. The molecule has 1 aliphatic rings. The van der Waals surface area contributed by atoms with Crippen LogP contribution in [0.1, 0.15) is 23.2 Å². The summed E-state index contributed by atoms with van der Waals surface area (Å²) >= 11 is 0. The minimum absolute atomic E-state index is 0.742. The average molecular weight is 225 g/mol. The van der Waals surface area contributed by atoms with Crippen LogP contribution in [-0.2, 0) is 0 Å². The molecule has 0 radical (unpaired) electrons. The minimum Gasteiger partial charge on any atom is -0.372 e. The van der Waals surface area contributed by atoms with Gasteiger partial charge in [-0.3, -0.25) is 4.79 Å². The molecule has 1 aliphatic heterocycles. The summed E-state index contributed by atoms with van der Waals surface area (Å²) in [5.74, 6) is 0. The summed E-state index contributed by atoms with van der Waals surface area (Å²) in [7, 11) is 0. The molecule has 0 spiro atoms. The fourth-order valence-electron chi connectivity index (χ4n) is 2.50. The smallest absolute Gasteiger partial charge is 0.150 e. The van der Waals surface area contributed by atoms with E-state index in [1.807, 2.05) is 18.2 Å². The van der Waals surface area contributed by atoms with E-state index in [1.54, 1.807) is 0 Å². The van der Waals surface area contributed by atoms with Crippen LogP contribution < -0.4 is 4.90 Å². The molecule has 0 unspecified atom stereocenters. The quantitative estimate of drug-likeness (QED) is 0.731. The van der Waals surface area contributed by atoms with E-state index in [-0.39, 0.29) is 0 Å². The molecule has 3 rings (SSSR count). The van der Waals surface area contributed by atoms with Gasteiger partial charge >= 0.3 is 0 Å². The summed E-state index contributed by atoms with van der Waals surface area (Å²) in [6, 6.07) is 12.3. The van der Waals surface area contributed by atoms with Crippen molar-refractivity contribution < 1.29 is 4.79 Å². The van der Waals surface area contributed by atoms with Gasteiger partial charge in [-0.1, -0.05) is 18.2 Å². The van der Waals surface area contributed by atoms with Crippen LogP contribution in [0.15, 0.2) is 36.4 Å². The van der Waals surface area contributed by atoms with E-state index in [0.29, 0.717) is 0 Å². The summed E-state index contributed by atoms with van der Waals surface area (Å²) in [4.78, 5) is 13.1. The van der Waals surface area contributed by atoms with Crippen LogP contribution >= 0.6 is 0 Å². The first-order valence-corrected chi connectivity index (χ1v) is 6.11. The molecule has 2 heteroatoms. The van der Waals surface area contributed by atoms with Crippen molar-refractivity contribution >= 4 is 22.7 Å². The highest BCUT2D eigenvalue weighted by Crippen LogP contribution is 2.25. The third-order valence-electron chi connectivity index (χ3n) is 3.46. The molecule has 0 aliphatic carbocycles. The first-order chi connectivity index (χ1) is 8.36. The highest BCUT2D eigenvalue weighted by molar-refractivity contribution is 5.90. The summed E-state index contributed by atoms with van der Waals surface area (Å²) in [5, 5.41) is 2.34. The first-order valence-electron chi connectivity index (χ1n) is 6.11. The zero-order valence-electron chi connectivity index (χ0n) is 9.73. The van der Waals surface area contributed by atoms with Crippen molar-refractivity contribution in [1.82, 2.24) is 0 Å². The molecule has 1 fully saturated rings. The second-order valence-electron chi connectivity index (χ2n) is 4.60. The van der Waals surface area contributed by atoms with Gasteiger partial charge in [-0.05, 0) is 41.8 Å². The van der Waals surface area contributed by atoms with E-state index in [4.69, 9.17) is 0 Å². The molecule has 1 heterocycles. The van der Waals surface area contributed by atoms with Gasteiger partial charge in [-0.2, -0.15) is 0 Å². The number of benzene rings is 2. The number of rotatable bonds is 2. The monoisotopic (exact) mass is 225 g/mol. The summed E-state index contributed by atoms with van der Waals surface area (Å²) in [6.07, 6.45) is 3.48. The topological polar surface area (TPSA) is 20.3 Å². The molecule has 2 aromatic rings. The second-order valence-corrected chi connectivity index (χ2v) is 4.60. The molecule has 2 nitrogen and oxygen atoms in total. The molecular formula is C15H15NO. The van der Waals surface area contributed by atoms with Crippen molar-refractivity contribution in [3.63, 3.8) is 0 Å². The Kier molecular flexibility index (Phi) is 2.56. The second kappa shape index (κ2) is 4.21. The number of aldehydes is 1. The zero-order valence-corrected chi connectivity index (χ0v) is 9.73. The third kappa shape index (κ3) is 1.91. The Labute approximate surface area is 101 Å². The molecule has 0 N–H and O–H groups in total. The van der Waals surface area contributed by atoms with Crippen LogP contribution in [0.2, 0.25) is 0 Å². The van der Waals surface area contributed by atoms with Crippen molar-refractivity contribution in [1.29, 1.82) is 0 Å². The summed E-state index contributed by atoms with van der Waals surface area (Å²) < 4.78 is 0. The Morgan fingerprint density at radius 2 is 1.65 bits per heavy atom. The van der Waals surface area contributed by atoms with E-state index in [2.05, 4.69) is 23.1 Å². The van der Waals surface area contributed by atoms with Gasteiger partial charge < -0.3 is 4.90 Å². The Morgan fingerprint density at radius 1 is 0.941 bits per heavy atom. The van der Waals surface area contributed by atoms with Crippen molar-refractivity contribution in [3.05, 3.63) is 42.0 Å². The summed E-state index contributed by atoms with van der Waals surface area (Å²) in [5.41, 5.74) is 2.04. The number of anilines is 1. The normalized spacial score (nSPS) is 15.4. The van der Waals surface area contributed by atoms with Crippen LogP contribution in [-0.4, -0.2) is 19.4 Å². The molecule has 1 saturated heterocycles. The van der Waals surface area contributed by atoms with E-state index in [1.165, 1.54) is 23.9 Å². The van der Waals surface area contributed by atoms with Gasteiger partial charge in [0, 0.05) is 24.3 Å². The fraction of sp³-hybridized carbons (Fsp3) is 0.267. The average Bonchev–Trinajstić information content (AvgIpc) is 2.91. The van der Waals surface area contributed by atoms with Gasteiger partial charge in [-0.15, -0.1) is 0 Å². The lowest BCUT2D eigenvalue weighted by Crippen LogP contribution is -2.17. The van der Waals surface area contributed by atoms with E-state index in [9.17, 15) is 4.79 Å². The van der Waals surface area contributed by atoms with E-state index >= 15 is 0 Å². The van der Waals surface area contributed by atoms with Gasteiger partial charge in [0.1, 0.15) is 6.29 Å². The SMILES string of the molecule is O=Cc1ccc2cc(N3CCCC3)ccc2c1. The number of fused-ring (bicyclic) bond motifs is 1. The largest absolute Gasteiger partial charge is 0.372 e. The van der Waals surface area contributed by atoms with Crippen LogP contribution in [0.25, 0.3) is 10.8 Å². The number of hydrogen-bond donors (Lipinski definition) is 0. The van der Waals surface area contributed by atoms with Gasteiger partial charge in [0.15, 0.2) is 0 Å². The van der Waals surface area contributed by atoms with Crippen LogP contribution in [0.4, 0.5) is 5.69 Å². The zero-order chi connectivity index (χ0) is 11.7. The third-order valence-corrected chi connectivity index (χ3v) is 3.46. The Morgan fingerprint density at radius 3 is 2.41 bits per heavy atom. The molecule has 0 bridgehead atoms. The lowest BCUT2D eigenvalue weighted by molar-refractivity contribution is 0.112. The first kappa shape index (κ1) is 10.3.